The van der Waals surface area contributed by atoms with Crippen LogP contribution in [0.25, 0.3) is 0 Å². The first-order valence-electron chi connectivity index (χ1n) is 5.41. The standard InChI is InChI=1S/C7H15.C3H4O4.Na/c1-4-6-7(3)5-2;4-2(5)1-3(6)7;/h7H,3-6H2,1-2H3;1H2,(H,4,5)(H,6,7);. The molecule has 0 aromatic rings. The molecule has 1 unspecified atom stereocenters. The number of carboxylic acid groups (broad SMARTS) is 2. The summed E-state index contributed by atoms with van der Waals surface area (Å²) in [5.41, 5.74) is 0. The van der Waals surface area contributed by atoms with E-state index in [0.717, 1.165) is 5.92 Å². The summed E-state index contributed by atoms with van der Waals surface area (Å²) in [6.45, 7) is 4.58. The Morgan fingerprint density at radius 1 is 1.20 bits per heavy atom. The van der Waals surface area contributed by atoms with Gasteiger partial charge in [0, 0.05) is 0 Å². The van der Waals surface area contributed by atoms with E-state index in [4.69, 9.17) is 10.2 Å². The summed E-state index contributed by atoms with van der Waals surface area (Å²) in [7, 11) is 0. The quantitative estimate of drug-likeness (QED) is 0.536. The van der Waals surface area contributed by atoms with Gasteiger partial charge in [-0.1, -0.05) is 0 Å². The summed E-state index contributed by atoms with van der Waals surface area (Å²) in [4.78, 5) is 18.9. The van der Waals surface area contributed by atoms with Crippen molar-refractivity contribution in [2.45, 2.75) is 43.2 Å². The van der Waals surface area contributed by atoms with Gasteiger partial charge in [-0.2, -0.15) is 0 Å². The van der Waals surface area contributed by atoms with Crippen LogP contribution in [0.1, 0.15) is 39.5 Å². The van der Waals surface area contributed by atoms with Crippen LogP contribution in [0.5, 0.6) is 0 Å². The average molecular weight is 226 g/mol. The first kappa shape index (κ1) is 17.3. The third-order valence-electron chi connectivity index (χ3n) is 2.15. The maximum atomic E-state index is 9.43. The van der Waals surface area contributed by atoms with Crippen LogP contribution in [-0.2, 0) is 9.59 Å². The minimum Gasteiger partial charge on any atom is -0.481 e. The Labute approximate surface area is 108 Å². The number of aliphatic carboxylic acids is 2. The van der Waals surface area contributed by atoms with Crippen molar-refractivity contribution in [2.24, 2.45) is 5.92 Å². The molecule has 2 N–H and O–H groups in total. The van der Waals surface area contributed by atoms with E-state index >= 15 is 0 Å². The summed E-state index contributed by atoms with van der Waals surface area (Å²) in [6.07, 6.45) is 3.43. The van der Waals surface area contributed by atoms with Gasteiger partial charge in [0.2, 0.25) is 0 Å². The summed E-state index contributed by atoms with van der Waals surface area (Å²) < 4.78 is 1.50. The van der Waals surface area contributed by atoms with Gasteiger partial charge in [-0.3, -0.25) is 9.59 Å². The van der Waals surface area contributed by atoms with Gasteiger partial charge in [0.25, 0.3) is 0 Å². The third kappa shape index (κ3) is 16.6. The van der Waals surface area contributed by atoms with Crippen LogP contribution >= 0.6 is 0 Å². The van der Waals surface area contributed by atoms with Crippen LogP contribution in [0, 0.1) is 5.92 Å². The second-order valence-electron chi connectivity index (χ2n) is 3.44. The predicted octanol–water partition coefficient (Wildman–Crippen LogP) is 1.95. The normalized spacial score (nSPS) is 11.2. The third-order valence-corrected chi connectivity index (χ3v) is 3.31. The van der Waals surface area contributed by atoms with Crippen LogP contribution in [0.2, 0.25) is 3.67 Å². The van der Waals surface area contributed by atoms with Gasteiger partial charge in [0.05, 0.1) is 0 Å². The van der Waals surface area contributed by atoms with Crippen molar-refractivity contribution in [3.63, 3.8) is 0 Å². The average Bonchev–Trinajstić information content (AvgIpc) is 2.13. The van der Waals surface area contributed by atoms with Gasteiger partial charge in [-0.05, 0) is 0 Å². The maximum absolute atomic E-state index is 9.43. The fourth-order valence-corrected chi connectivity index (χ4v) is 2.22. The van der Waals surface area contributed by atoms with Crippen LogP contribution in [-0.4, -0.2) is 50.1 Å². The Morgan fingerprint density at radius 2 is 1.67 bits per heavy atom. The first-order valence-corrected chi connectivity index (χ1v) is 6.82. The molecule has 0 saturated carbocycles. The molecule has 0 heterocycles. The van der Waals surface area contributed by atoms with Gasteiger partial charge in [0.15, 0.2) is 0 Å². The summed E-state index contributed by atoms with van der Waals surface area (Å²) in [5, 5.41) is 15.4. The molecule has 4 nitrogen and oxygen atoms in total. The van der Waals surface area contributed by atoms with E-state index in [0.29, 0.717) is 0 Å². The Hall–Kier alpha value is -0.0600. The molecule has 0 aliphatic heterocycles. The smallest absolute Gasteiger partial charge is 0.314 e. The number of hydrogen-bond acceptors (Lipinski definition) is 2. The van der Waals surface area contributed by atoms with E-state index in [1.165, 1.54) is 50.9 Å². The van der Waals surface area contributed by atoms with Crippen LogP contribution in [0.15, 0.2) is 0 Å². The van der Waals surface area contributed by atoms with Gasteiger partial charge in [-0.25, -0.2) is 0 Å². The maximum Gasteiger partial charge on any atom is 0.314 e. The van der Waals surface area contributed by atoms with E-state index in [-0.39, 0.29) is 0 Å². The molecule has 0 saturated heterocycles. The van der Waals surface area contributed by atoms with Gasteiger partial charge < -0.3 is 10.2 Å². The van der Waals surface area contributed by atoms with Crippen LogP contribution in [0.3, 0.4) is 0 Å². The Balaban J connectivity index is 0. The minimum absolute atomic E-state index is 0.806. The predicted molar refractivity (Wildman–Crippen MR) is 59.1 cm³/mol. The van der Waals surface area contributed by atoms with Crippen LogP contribution < -0.4 is 0 Å². The molecule has 0 bridgehead atoms. The molecule has 0 aromatic heterocycles. The molecule has 0 radical (unpaired) electrons. The molecule has 0 amide bonds. The van der Waals surface area contributed by atoms with E-state index in [2.05, 4.69) is 13.8 Å². The monoisotopic (exact) mass is 226 g/mol. The number of hydrogen-bond donors (Lipinski definition) is 2. The molecule has 5 heteroatoms. The topological polar surface area (TPSA) is 74.6 Å². The van der Waals surface area contributed by atoms with Crippen molar-refractivity contribution in [1.29, 1.82) is 0 Å². The fourth-order valence-electron chi connectivity index (χ4n) is 1.23. The largest absolute Gasteiger partial charge is 0.481 e. The van der Waals surface area contributed by atoms with Gasteiger partial charge in [-0.15, -0.1) is 0 Å². The Kier molecular flexibility index (Phi) is 13.9. The second-order valence-corrected chi connectivity index (χ2v) is 4.25. The SMILES string of the molecule is CCCC(CC)[CH2][Na].O=C(O)CC(=O)O. The number of carbonyl (C=O) groups is 2. The minimum atomic E-state index is -1.31. The van der Waals surface area contributed by atoms with Crippen molar-refractivity contribution in [3.05, 3.63) is 0 Å². The molecular formula is C10H19NaO4. The van der Waals surface area contributed by atoms with Gasteiger partial charge in [0.1, 0.15) is 6.42 Å². The molecule has 0 spiro atoms. The second kappa shape index (κ2) is 12.0. The molecule has 84 valence electrons. The van der Waals surface area contributed by atoms with Crippen molar-refractivity contribution in [3.8, 4) is 0 Å². The summed E-state index contributed by atoms with van der Waals surface area (Å²) in [6, 6.07) is 0. The zero-order chi connectivity index (χ0) is 12.3. The number of rotatable bonds is 6. The van der Waals surface area contributed by atoms with Crippen molar-refractivity contribution >= 4 is 39.9 Å². The molecule has 0 aliphatic rings. The van der Waals surface area contributed by atoms with Gasteiger partial charge >= 0.3 is 82.6 Å². The molecule has 0 aliphatic carbocycles. The summed E-state index contributed by atoms with van der Waals surface area (Å²) >= 11 is 1.40. The van der Waals surface area contributed by atoms with Crippen LogP contribution in [0.4, 0.5) is 0 Å². The molecule has 0 fully saturated rings. The van der Waals surface area contributed by atoms with Crippen molar-refractivity contribution < 1.29 is 19.8 Å². The van der Waals surface area contributed by atoms with E-state index < -0.39 is 18.4 Å². The Bertz CT molecular complexity index is 166. The van der Waals surface area contributed by atoms with Crippen molar-refractivity contribution in [1.82, 2.24) is 0 Å². The zero-order valence-electron chi connectivity index (χ0n) is 9.82. The number of carboxylic acids is 2. The van der Waals surface area contributed by atoms with E-state index in [1.54, 1.807) is 0 Å². The molecule has 1 atom stereocenters. The van der Waals surface area contributed by atoms with E-state index in [9.17, 15) is 9.59 Å². The molecule has 0 aromatic carbocycles. The molecule has 0 rings (SSSR count). The molecule has 15 heavy (non-hydrogen) atoms. The van der Waals surface area contributed by atoms with Crippen molar-refractivity contribution in [2.75, 3.05) is 0 Å². The fraction of sp³-hybridized carbons (Fsp3) is 0.800. The summed E-state index contributed by atoms with van der Waals surface area (Å²) in [5.74, 6) is -1.56. The van der Waals surface area contributed by atoms with E-state index in [1.807, 2.05) is 0 Å². The molecular weight excluding hydrogens is 207 g/mol. The zero-order valence-corrected chi connectivity index (χ0v) is 11.8. The first-order chi connectivity index (χ1) is 6.97. The Morgan fingerprint density at radius 3 is 1.73 bits per heavy atom.